The van der Waals surface area contributed by atoms with Crippen molar-refractivity contribution < 1.29 is 23.3 Å². The van der Waals surface area contributed by atoms with Crippen molar-refractivity contribution in [2.24, 2.45) is 7.05 Å². The van der Waals surface area contributed by atoms with E-state index in [0.717, 1.165) is 18.5 Å². The van der Waals surface area contributed by atoms with E-state index in [4.69, 9.17) is 18.9 Å². The number of halogens is 1. The first-order valence-corrected chi connectivity index (χ1v) is 13.7. The molecule has 0 aliphatic carbocycles. The van der Waals surface area contributed by atoms with Crippen molar-refractivity contribution in [3.63, 3.8) is 0 Å². The zero-order valence-electron chi connectivity index (χ0n) is 24.8. The first-order chi connectivity index (χ1) is 20.8. The van der Waals surface area contributed by atoms with Gasteiger partial charge in [0.15, 0.2) is 23.1 Å². The van der Waals surface area contributed by atoms with Crippen molar-refractivity contribution >= 4 is 10.9 Å². The van der Waals surface area contributed by atoms with Crippen molar-refractivity contribution in [1.29, 1.82) is 0 Å². The maximum Gasteiger partial charge on any atom is 0.261 e. The summed E-state index contributed by atoms with van der Waals surface area (Å²) in [4.78, 5) is 24.4. The standard InChI is InChI=1S/C33H33FN4O5/c1-37(2)14-7-15-42-23-9-6-8-22(16-23)32-36-20-25(33(39)38(32)3)21-10-11-29(26(34)17-21)43-28-12-13-35-27-19-31(41-5)30(40-4)18-24(27)28/h6,8-13,16-20H,7,14-15H2,1-5H3. The lowest BCUT2D eigenvalue weighted by atomic mass is 10.1. The number of hydrogen-bond donors (Lipinski definition) is 0. The van der Waals surface area contributed by atoms with E-state index in [1.54, 1.807) is 44.6 Å². The van der Waals surface area contributed by atoms with Crippen LogP contribution in [0.15, 0.2) is 77.9 Å². The Labute approximate surface area is 249 Å². The van der Waals surface area contributed by atoms with Gasteiger partial charge in [-0.3, -0.25) is 14.3 Å². The lowest BCUT2D eigenvalue weighted by Crippen LogP contribution is -2.21. The third-order valence-corrected chi connectivity index (χ3v) is 6.95. The van der Waals surface area contributed by atoms with E-state index in [1.807, 2.05) is 38.4 Å². The average Bonchev–Trinajstić information content (AvgIpc) is 3.01. The monoisotopic (exact) mass is 584 g/mol. The van der Waals surface area contributed by atoms with Crippen LogP contribution in [0.1, 0.15) is 6.42 Å². The highest BCUT2D eigenvalue weighted by molar-refractivity contribution is 5.88. The van der Waals surface area contributed by atoms with Crippen LogP contribution in [0, 0.1) is 5.82 Å². The molecular weight excluding hydrogens is 551 g/mol. The molecule has 0 unspecified atom stereocenters. The van der Waals surface area contributed by atoms with Gasteiger partial charge in [0, 0.05) is 43.0 Å². The molecule has 2 aromatic heterocycles. The van der Waals surface area contributed by atoms with Gasteiger partial charge in [0.2, 0.25) is 0 Å². The molecule has 0 radical (unpaired) electrons. The molecule has 5 aromatic rings. The van der Waals surface area contributed by atoms with Crippen molar-refractivity contribution in [1.82, 2.24) is 19.4 Å². The van der Waals surface area contributed by atoms with Crippen LogP contribution in [0.4, 0.5) is 4.39 Å². The minimum Gasteiger partial charge on any atom is -0.494 e. The number of methoxy groups -OCH3 is 2. The summed E-state index contributed by atoms with van der Waals surface area (Å²) in [6.07, 6.45) is 3.93. The Morgan fingerprint density at radius 3 is 2.42 bits per heavy atom. The molecule has 0 bridgehead atoms. The van der Waals surface area contributed by atoms with E-state index < -0.39 is 5.82 Å². The highest BCUT2D eigenvalue weighted by atomic mass is 19.1. The molecule has 0 spiro atoms. The van der Waals surface area contributed by atoms with E-state index in [1.165, 1.54) is 30.0 Å². The van der Waals surface area contributed by atoms with Gasteiger partial charge in [0.05, 0.1) is 31.9 Å². The molecule has 0 amide bonds. The van der Waals surface area contributed by atoms with Crippen LogP contribution in [-0.4, -0.2) is 60.9 Å². The number of rotatable bonds is 11. The number of benzene rings is 3. The fourth-order valence-electron chi connectivity index (χ4n) is 4.71. The highest BCUT2D eigenvalue weighted by Gasteiger charge is 2.16. The fourth-order valence-corrected chi connectivity index (χ4v) is 4.71. The zero-order chi connectivity index (χ0) is 30.5. The summed E-state index contributed by atoms with van der Waals surface area (Å²) in [6, 6.07) is 16.9. The van der Waals surface area contributed by atoms with Crippen LogP contribution in [0.25, 0.3) is 33.4 Å². The van der Waals surface area contributed by atoms with Crippen LogP contribution >= 0.6 is 0 Å². The molecule has 43 heavy (non-hydrogen) atoms. The van der Waals surface area contributed by atoms with Gasteiger partial charge in [0.25, 0.3) is 5.56 Å². The second-order valence-corrected chi connectivity index (χ2v) is 10.2. The first kappa shape index (κ1) is 29.5. The Bertz CT molecular complexity index is 1820. The third kappa shape index (κ3) is 6.44. The number of nitrogens with zero attached hydrogens (tertiary/aromatic N) is 4. The maximum atomic E-state index is 15.3. The molecule has 0 saturated heterocycles. The van der Waals surface area contributed by atoms with Gasteiger partial charge < -0.3 is 23.8 Å². The lowest BCUT2D eigenvalue weighted by Gasteiger charge is -2.14. The molecule has 0 N–H and O–H groups in total. The van der Waals surface area contributed by atoms with Gasteiger partial charge in [-0.1, -0.05) is 18.2 Å². The van der Waals surface area contributed by atoms with Crippen molar-refractivity contribution in [2.75, 3.05) is 41.5 Å². The third-order valence-electron chi connectivity index (χ3n) is 6.95. The summed E-state index contributed by atoms with van der Waals surface area (Å²) in [6.45, 7) is 1.51. The SMILES string of the molecule is COc1cc2nccc(Oc3ccc(-c4cnc(-c5cccc(OCCCN(C)C)c5)n(C)c4=O)cc3F)c2cc1OC. The molecule has 0 aliphatic heterocycles. The van der Waals surface area contributed by atoms with Gasteiger partial charge in [-0.05, 0) is 62.5 Å². The first-order valence-electron chi connectivity index (χ1n) is 13.7. The van der Waals surface area contributed by atoms with E-state index >= 15 is 4.39 Å². The molecule has 0 fully saturated rings. The lowest BCUT2D eigenvalue weighted by molar-refractivity contribution is 0.281. The van der Waals surface area contributed by atoms with E-state index in [2.05, 4.69) is 14.9 Å². The summed E-state index contributed by atoms with van der Waals surface area (Å²) < 4.78 is 39.4. The van der Waals surface area contributed by atoms with Gasteiger partial charge in [-0.2, -0.15) is 0 Å². The highest BCUT2D eigenvalue weighted by Crippen LogP contribution is 2.37. The number of hydrogen-bond acceptors (Lipinski definition) is 8. The van der Waals surface area contributed by atoms with Crippen molar-refractivity contribution in [3.05, 3.63) is 89.2 Å². The molecule has 3 aromatic carbocycles. The van der Waals surface area contributed by atoms with Crippen LogP contribution in [-0.2, 0) is 7.05 Å². The van der Waals surface area contributed by atoms with Crippen LogP contribution in [0.2, 0.25) is 0 Å². The normalized spacial score (nSPS) is 11.1. The van der Waals surface area contributed by atoms with Gasteiger partial charge >= 0.3 is 0 Å². The quantitative estimate of drug-likeness (QED) is 0.176. The smallest absolute Gasteiger partial charge is 0.261 e. The molecule has 0 aliphatic rings. The minimum absolute atomic E-state index is 0.00478. The van der Waals surface area contributed by atoms with Crippen molar-refractivity contribution in [2.45, 2.75) is 6.42 Å². The van der Waals surface area contributed by atoms with Crippen LogP contribution < -0.4 is 24.5 Å². The summed E-state index contributed by atoms with van der Waals surface area (Å²) in [5.74, 6) is 1.95. The topological polar surface area (TPSA) is 87.9 Å². The Hall–Kier alpha value is -4.96. The predicted molar refractivity (Wildman–Crippen MR) is 164 cm³/mol. The molecule has 2 heterocycles. The molecule has 0 saturated carbocycles. The molecule has 222 valence electrons. The molecule has 0 atom stereocenters. The fraction of sp³-hybridized carbons (Fsp3) is 0.242. The Kier molecular flexibility index (Phi) is 8.87. The molecular formula is C33H33FN4O5. The summed E-state index contributed by atoms with van der Waals surface area (Å²) in [5, 5.41) is 0.625. The summed E-state index contributed by atoms with van der Waals surface area (Å²) in [5.41, 5.74) is 1.68. The second-order valence-electron chi connectivity index (χ2n) is 10.2. The van der Waals surface area contributed by atoms with Gasteiger partial charge in [0.1, 0.15) is 17.3 Å². The second kappa shape index (κ2) is 12.9. The van der Waals surface area contributed by atoms with E-state index in [0.29, 0.717) is 51.9 Å². The Morgan fingerprint density at radius 2 is 1.67 bits per heavy atom. The Balaban J connectivity index is 1.39. The predicted octanol–water partition coefficient (Wildman–Crippen LogP) is 5.94. The minimum atomic E-state index is -0.631. The molecule has 10 heteroatoms. The van der Waals surface area contributed by atoms with E-state index in [9.17, 15) is 4.79 Å². The van der Waals surface area contributed by atoms with Crippen LogP contribution in [0.3, 0.4) is 0 Å². The number of pyridine rings is 1. The van der Waals surface area contributed by atoms with Crippen molar-refractivity contribution in [3.8, 4) is 51.3 Å². The summed E-state index contributed by atoms with van der Waals surface area (Å²) in [7, 11) is 8.76. The number of fused-ring (bicyclic) bond motifs is 1. The Morgan fingerprint density at radius 1 is 0.884 bits per heavy atom. The largest absolute Gasteiger partial charge is 0.494 e. The van der Waals surface area contributed by atoms with Gasteiger partial charge in [-0.25, -0.2) is 9.37 Å². The number of aromatic nitrogens is 3. The summed E-state index contributed by atoms with van der Waals surface area (Å²) >= 11 is 0. The van der Waals surface area contributed by atoms with Crippen LogP contribution in [0.5, 0.6) is 28.7 Å². The van der Waals surface area contributed by atoms with E-state index in [-0.39, 0.29) is 16.9 Å². The number of ether oxygens (including phenoxy) is 4. The molecule has 5 rings (SSSR count). The maximum absolute atomic E-state index is 15.3. The molecule has 9 nitrogen and oxygen atoms in total. The zero-order valence-corrected chi connectivity index (χ0v) is 24.8. The average molecular weight is 585 g/mol. The van der Waals surface area contributed by atoms with Gasteiger partial charge in [-0.15, -0.1) is 0 Å².